The van der Waals surface area contributed by atoms with Gasteiger partial charge in [-0.05, 0) is 60.4 Å². The van der Waals surface area contributed by atoms with Crippen molar-refractivity contribution in [1.29, 1.82) is 0 Å². The van der Waals surface area contributed by atoms with Crippen molar-refractivity contribution < 1.29 is 0 Å². The van der Waals surface area contributed by atoms with Gasteiger partial charge in [0.1, 0.15) is 0 Å². The molecule has 2 aromatic carbocycles. The van der Waals surface area contributed by atoms with Gasteiger partial charge in [-0.15, -0.1) is 13.2 Å². The number of aryl methyl sites for hydroxylation is 3. The second-order valence-electron chi connectivity index (χ2n) is 7.34. The first-order chi connectivity index (χ1) is 11.7. The Kier molecular flexibility index (Phi) is 9.82. The van der Waals surface area contributed by atoms with E-state index in [9.17, 15) is 0 Å². The van der Waals surface area contributed by atoms with Gasteiger partial charge in [0, 0.05) is 0 Å². The van der Waals surface area contributed by atoms with E-state index in [0.29, 0.717) is 0 Å². The average Bonchev–Trinajstić information content (AvgIpc) is 2.58. The van der Waals surface area contributed by atoms with Crippen molar-refractivity contribution in [2.45, 2.75) is 60.3 Å². The molecule has 0 unspecified atom stereocenters. The molecule has 0 aliphatic rings. The number of benzene rings is 2. The molecule has 0 N–H and O–H groups in total. The second kappa shape index (κ2) is 10.7. The number of hydrogen-bond donors (Lipinski definition) is 0. The average molecular weight is 337 g/mol. The molecule has 0 heteroatoms. The van der Waals surface area contributed by atoms with Gasteiger partial charge in [0.15, 0.2) is 0 Å². The van der Waals surface area contributed by atoms with Crippen LogP contribution in [0.3, 0.4) is 0 Å². The summed E-state index contributed by atoms with van der Waals surface area (Å²) >= 11 is 0. The molecule has 0 saturated heterocycles. The zero-order valence-corrected chi connectivity index (χ0v) is 17.4. The van der Waals surface area contributed by atoms with E-state index in [2.05, 4.69) is 111 Å². The van der Waals surface area contributed by atoms with Crippen molar-refractivity contribution in [3.05, 3.63) is 90.0 Å². The Balaban J connectivity index is 0.000000483. The lowest BCUT2D eigenvalue weighted by Crippen LogP contribution is -2.14. The van der Waals surface area contributed by atoms with E-state index in [1.165, 1.54) is 33.4 Å². The highest BCUT2D eigenvalue weighted by Gasteiger charge is 2.18. The Morgan fingerprint density at radius 2 is 1.36 bits per heavy atom. The van der Waals surface area contributed by atoms with Crippen molar-refractivity contribution >= 4 is 5.57 Å². The molecule has 2 rings (SSSR count). The molecule has 0 aromatic heterocycles. The minimum Gasteiger partial charge on any atom is -0.106 e. The third kappa shape index (κ3) is 7.56. The van der Waals surface area contributed by atoms with Crippen LogP contribution in [0.4, 0.5) is 0 Å². The molecule has 0 nitrogen and oxygen atoms in total. The highest BCUT2D eigenvalue weighted by Crippen LogP contribution is 2.31. The van der Waals surface area contributed by atoms with Gasteiger partial charge in [0.2, 0.25) is 0 Å². The molecule has 0 aliphatic carbocycles. The van der Waals surface area contributed by atoms with Crippen molar-refractivity contribution in [1.82, 2.24) is 0 Å². The Morgan fingerprint density at radius 3 is 1.72 bits per heavy atom. The summed E-state index contributed by atoms with van der Waals surface area (Å²) in [6.45, 7) is 25.5. The molecule has 0 atom stereocenters. The van der Waals surface area contributed by atoms with Gasteiger partial charge in [-0.1, -0.05) is 82.3 Å². The van der Waals surface area contributed by atoms with Crippen LogP contribution < -0.4 is 0 Å². The molecule has 25 heavy (non-hydrogen) atoms. The minimum atomic E-state index is 0.194. The smallest absolute Gasteiger partial charge is 0.0126 e. The molecule has 0 saturated carbocycles. The lowest BCUT2D eigenvalue weighted by atomic mass is 9.81. The summed E-state index contributed by atoms with van der Waals surface area (Å²) in [7, 11) is 0. The van der Waals surface area contributed by atoms with E-state index in [-0.39, 0.29) is 5.41 Å². The predicted octanol–water partition coefficient (Wildman–Crippen LogP) is 7.82. The first-order valence-corrected chi connectivity index (χ1v) is 8.98. The first-order valence-electron chi connectivity index (χ1n) is 8.98. The molecular formula is C25H36. The van der Waals surface area contributed by atoms with Crippen LogP contribution in [-0.2, 0) is 5.41 Å². The Bertz CT molecular complexity index is 648. The summed E-state index contributed by atoms with van der Waals surface area (Å²) in [5.74, 6) is 0. The van der Waals surface area contributed by atoms with Crippen LogP contribution in [0, 0.1) is 20.8 Å². The number of hydrogen-bond acceptors (Lipinski definition) is 0. The van der Waals surface area contributed by atoms with E-state index in [1.807, 2.05) is 0 Å². The summed E-state index contributed by atoms with van der Waals surface area (Å²) < 4.78 is 0. The molecular weight excluding hydrogens is 300 g/mol. The van der Waals surface area contributed by atoms with Crippen LogP contribution in [0.25, 0.3) is 5.57 Å². The van der Waals surface area contributed by atoms with Crippen molar-refractivity contribution in [2.24, 2.45) is 0 Å². The SMILES string of the molecule is C=C.C=C(CC)c1ccc(C)cc1C(C)(C)C.Cc1ccccc1C. The fourth-order valence-corrected chi connectivity index (χ4v) is 2.44. The van der Waals surface area contributed by atoms with Gasteiger partial charge < -0.3 is 0 Å². The maximum atomic E-state index is 4.15. The topological polar surface area (TPSA) is 0 Å². The van der Waals surface area contributed by atoms with Gasteiger partial charge in [-0.3, -0.25) is 0 Å². The van der Waals surface area contributed by atoms with Gasteiger partial charge in [0.25, 0.3) is 0 Å². The second-order valence-corrected chi connectivity index (χ2v) is 7.34. The van der Waals surface area contributed by atoms with Crippen LogP contribution in [0.5, 0.6) is 0 Å². The van der Waals surface area contributed by atoms with Gasteiger partial charge in [-0.2, -0.15) is 0 Å². The van der Waals surface area contributed by atoms with Crippen molar-refractivity contribution in [3.8, 4) is 0 Å². The molecule has 0 radical (unpaired) electrons. The monoisotopic (exact) mass is 336 g/mol. The maximum Gasteiger partial charge on any atom is -0.0126 e. The lowest BCUT2D eigenvalue weighted by molar-refractivity contribution is 0.588. The molecule has 0 aliphatic heterocycles. The summed E-state index contributed by atoms with van der Waals surface area (Å²) in [6, 6.07) is 15.0. The van der Waals surface area contributed by atoms with Crippen LogP contribution in [0.15, 0.2) is 62.2 Å². The quantitative estimate of drug-likeness (QED) is 0.490. The van der Waals surface area contributed by atoms with Crippen LogP contribution in [-0.4, -0.2) is 0 Å². The number of allylic oxidation sites excluding steroid dienone is 1. The summed E-state index contributed by atoms with van der Waals surface area (Å²) in [4.78, 5) is 0. The van der Waals surface area contributed by atoms with E-state index >= 15 is 0 Å². The summed E-state index contributed by atoms with van der Waals surface area (Å²) in [6.07, 6.45) is 1.02. The summed E-state index contributed by atoms with van der Waals surface area (Å²) in [5.41, 5.74) is 8.23. The molecule has 0 amide bonds. The van der Waals surface area contributed by atoms with Crippen molar-refractivity contribution in [2.75, 3.05) is 0 Å². The first kappa shape index (κ1) is 22.9. The zero-order valence-electron chi connectivity index (χ0n) is 17.4. The van der Waals surface area contributed by atoms with Crippen LogP contribution >= 0.6 is 0 Å². The molecule has 2 aromatic rings. The highest BCUT2D eigenvalue weighted by atomic mass is 14.2. The third-order valence-electron chi connectivity index (χ3n) is 4.22. The number of rotatable bonds is 2. The van der Waals surface area contributed by atoms with Crippen LogP contribution in [0.2, 0.25) is 0 Å². The normalized spacial score (nSPS) is 10.0. The molecule has 0 spiro atoms. The Labute approximate surface area is 156 Å². The van der Waals surface area contributed by atoms with E-state index < -0.39 is 0 Å². The summed E-state index contributed by atoms with van der Waals surface area (Å²) in [5, 5.41) is 0. The van der Waals surface area contributed by atoms with Gasteiger partial charge in [-0.25, -0.2) is 0 Å². The minimum absolute atomic E-state index is 0.194. The van der Waals surface area contributed by atoms with E-state index in [4.69, 9.17) is 0 Å². The Morgan fingerprint density at radius 1 is 0.880 bits per heavy atom. The standard InChI is InChI=1S/C15H22.C8H10.C2H4/c1-7-12(3)13-9-8-11(2)10-14(13)15(4,5)6;1-7-5-3-4-6-8(7)2;1-2/h8-10H,3,7H2,1-2,4-6H3;3-6H,1-2H3;1-2H2. The Hall–Kier alpha value is -2.08. The highest BCUT2D eigenvalue weighted by molar-refractivity contribution is 5.67. The molecule has 0 fully saturated rings. The molecule has 0 heterocycles. The van der Waals surface area contributed by atoms with E-state index in [1.54, 1.807) is 0 Å². The lowest BCUT2D eigenvalue weighted by Gasteiger charge is -2.24. The van der Waals surface area contributed by atoms with E-state index in [0.717, 1.165) is 6.42 Å². The van der Waals surface area contributed by atoms with Crippen molar-refractivity contribution in [3.63, 3.8) is 0 Å². The van der Waals surface area contributed by atoms with Crippen LogP contribution in [0.1, 0.15) is 61.9 Å². The molecule has 0 bridgehead atoms. The fourth-order valence-electron chi connectivity index (χ4n) is 2.44. The van der Waals surface area contributed by atoms with Gasteiger partial charge >= 0.3 is 0 Å². The zero-order chi connectivity index (χ0) is 19.6. The maximum absolute atomic E-state index is 4.15. The fraction of sp³-hybridized carbons (Fsp3) is 0.360. The van der Waals surface area contributed by atoms with Gasteiger partial charge in [0.05, 0.1) is 0 Å². The predicted molar refractivity (Wildman–Crippen MR) is 116 cm³/mol. The molecule has 136 valence electrons. The largest absolute Gasteiger partial charge is 0.106 e. The third-order valence-corrected chi connectivity index (χ3v) is 4.22.